The molecule has 2 rings (SSSR count). The zero-order chi connectivity index (χ0) is 13.8. The number of amides is 2. The summed E-state index contributed by atoms with van der Waals surface area (Å²) >= 11 is 0. The van der Waals surface area contributed by atoms with E-state index in [1.54, 1.807) is 7.05 Å². The number of carbonyl (C=O) groups is 2. The minimum absolute atomic E-state index is 0. The molecular weight excluding hydrogens is 282 g/mol. The highest BCUT2D eigenvalue weighted by Gasteiger charge is 2.30. The molecule has 3 N–H and O–H groups in total. The number of nitrogens with one attached hydrogen (secondary N) is 1. The van der Waals surface area contributed by atoms with E-state index in [2.05, 4.69) is 5.32 Å². The average molecular weight is 306 g/mol. The molecule has 1 saturated carbocycles. The van der Waals surface area contributed by atoms with Gasteiger partial charge in [0.25, 0.3) is 0 Å². The van der Waals surface area contributed by atoms with E-state index in [0.29, 0.717) is 19.3 Å². The van der Waals surface area contributed by atoms with Gasteiger partial charge < -0.3 is 20.7 Å². The lowest BCUT2D eigenvalue weighted by atomic mass is 9.91. The molecule has 0 spiro atoms. The van der Waals surface area contributed by atoms with E-state index in [1.165, 1.54) is 4.90 Å². The summed E-state index contributed by atoms with van der Waals surface area (Å²) < 4.78 is 5.26. The number of halogens is 1. The third-order valence-electron chi connectivity index (χ3n) is 3.76. The molecule has 20 heavy (non-hydrogen) atoms. The van der Waals surface area contributed by atoms with E-state index < -0.39 is 6.04 Å². The van der Waals surface area contributed by atoms with Crippen molar-refractivity contribution in [1.29, 1.82) is 0 Å². The fourth-order valence-electron chi connectivity index (χ4n) is 2.33. The number of carbonyl (C=O) groups excluding carboxylic acids is 2. The molecule has 1 unspecified atom stereocenters. The van der Waals surface area contributed by atoms with Crippen molar-refractivity contribution in [2.75, 3.05) is 26.8 Å². The molecule has 0 aromatic carbocycles. The number of rotatable bonds is 5. The molecule has 2 aliphatic rings. The standard InChI is InChI=1S/C13H23N3O3.ClH/c1-16(8-11(17)15-10-2-3-10)13(18)12(14)9-4-6-19-7-5-9;/h9-10,12H,2-8,14H2,1H3,(H,15,17);1H. The van der Waals surface area contributed by atoms with E-state index in [0.717, 1.165) is 25.7 Å². The van der Waals surface area contributed by atoms with Crippen LogP contribution in [0.3, 0.4) is 0 Å². The van der Waals surface area contributed by atoms with Gasteiger partial charge in [0.1, 0.15) is 0 Å². The molecular formula is C13H24ClN3O3. The highest BCUT2D eigenvalue weighted by molar-refractivity contribution is 5.87. The molecule has 6 nitrogen and oxygen atoms in total. The van der Waals surface area contributed by atoms with Crippen LogP contribution in [0.4, 0.5) is 0 Å². The predicted molar refractivity (Wildman–Crippen MR) is 77.6 cm³/mol. The largest absolute Gasteiger partial charge is 0.381 e. The lowest BCUT2D eigenvalue weighted by Crippen LogP contribution is -2.50. The van der Waals surface area contributed by atoms with Crippen LogP contribution in [0.5, 0.6) is 0 Å². The van der Waals surface area contributed by atoms with Gasteiger partial charge in [0.15, 0.2) is 0 Å². The van der Waals surface area contributed by atoms with E-state index in [1.807, 2.05) is 0 Å². The van der Waals surface area contributed by atoms with Gasteiger partial charge in [0.05, 0.1) is 12.6 Å². The first-order valence-corrected chi connectivity index (χ1v) is 6.95. The molecule has 1 aliphatic carbocycles. The van der Waals surface area contributed by atoms with Gasteiger partial charge in [-0.3, -0.25) is 9.59 Å². The maximum Gasteiger partial charge on any atom is 0.239 e. The van der Waals surface area contributed by atoms with Gasteiger partial charge in [-0.25, -0.2) is 0 Å². The van der Waals surface area contributed by atoms with Crippen LogP contribution in [0.15, 0.2) is 0 Å². The third-order valence-corrected chi connectivity index (χ3v) is 3.76. The van der Waals surface area contributed by atoms with Crippen molar-refractivity contribution < 1.29 is 14.3 Å². The fourth-order valence-corrected chi connectivity index (χ4v) is 2.33. The zero-order valence-corrected chi connectivity index (χ0v) is 12.7. The summed E-state index contributed by atoms with van der Waals surface area (Å²) in [5.74, 6) is -0.0921. The van der Waals surface area contributed by atoms with Crippen LogP contribution < -0.4 is 11.1 Å². The van der Waals surface area contributed by atoms with Gasteiger partial charge in [-0.05, 0) is 31.6 Å². The second kappa shape index (κ2) is 7.81. The first kappa shape index (κ1) is 17.2. The molecule has 1 atom stereocenters. The Balaban J connectivity index is 0.00000200. The summed E-state index contributed by atoms with van der Waals surface area (Å²) in [5.41, 5.74) is 6.00. The Morgan fingerprint density at radius 1 is 1.30 bits per heavy atom. The predicted octanol–water partition coefficient (Wildman–Crippen LogP) is -0.101. The average Bonchev–Trinajstić information content (AvgIpc) is 3.21. The van der Waals surface area contributed by atoms with Crippen molar-refractivity contribution in [3.05, 3.63) is 0 Å². The van der Waals surface area contributed by atoms with Gasteiger partial charge in [-0.15, -0.1) is 12.4 Å². The van der Waals surface area contributed by atoms with Gasteiger partial charge in [-0.1, -0.05) is 0 Å². The lowest BCUT2D eigenvalue weighted by Gasteiger charge is -2.29. The van der Waals surface area contributed by atoms with E-state index in [9.17, 15) is 9.59 Å². The van der Waals surface area contributed by atoms with E-state index in [4.69, 9.17) is 10.5 Å². The Hall–Kier alpha value is -0.850. The van der Waals surface area contributed by atoms with Crippen LogP contribution in [-0.2, 0) is 14.3 Å². The SMILES string of the molecule is CN(CC(=O)NC1CC1)C(=O)C(N)C1CCOCC1.Cl. The number of ether oxygens (including phenoxy) is 1. The van der Waals surface area contributed by atoms with E-state index in [-0.39, 0.29) is 36.7 Å². The van der Waals surface area contributed by atoms with Gasteiger partial charge in [0.2, 0.25) is 11.8 Å². The zero-order valence-electron chi connectivity index (χ0n) is 11.8. The summed E-state index contributed by atoms with van der Waals surface area (Å²) in [4.78, 5) is 25.2. The highest BCUT2D eigenvalue weighted by atomic mass is 35.5. The Morgan fingerprint density at radius 3 is 2.45 bits per heavy atom. The maximum atomic E-state index is 12.2. The van der Waals surface area contributed by atoms with Crippen molar-refractivity contribution in [2.45, 2.75) is 37.8 Å². The smallest absolute Gasteiger partial charge is 0.239 e. The summed E-state index contributed by atoms with van der Waals surface area (Å²) in [6, 6.07) is -0.206. The summed E-state index contributed by atoms with van der Waals surface area (Å²) in [5, 5.41) is 2.86. The van der Waals surface area contributed by atoms with Crippen LogP contribution in [0, 0.1) is 5.92 Å². The number of nitrogens with two attached hydrogens (primary N) is 1. The van der Waals surface area contributed by atoms with Crippen molar-refractivity contribution in [2.24, 2.45) is 11.7 Å². The van der Waals surface area contributed by atoms with Crippen molar-refractivity contribution >= 4 is 24.2 Å². The van der Waals surface area contributed by atoms with Crippen LogP contribution in [0.1, 0.15) is 25.7 Å². The molecule has 116 valence electrons. The first-order chi connectivity index (χ1) is 9.08. The molecule has 0 aromatic heterocycles. The highest BCUT2D eigenvalue weighted by Crippen LogP contribution is 2.19. The molecule has 2 amide bonds. The molecule has 0 aromatic rings. The molecule has 2 fully saturated rings. The minimum Gasteiger partial charge on any atom is -0.381 e. The topological polar surface area (TPSA) is 84.7 Å². The van der Waals surface area contributed by atoms with Crippen LogP contribution in [0.2, 0.25) is 0 Å². The quantitative estimate of drug-likeness (QED) is 0.743. The lowest BCUT2D eigenvalue weighted by molar-refractivity contribution is -0.137. The second-order valence-corrected chi connectivity index (χ2v) is 5.51. The van der Waals surface area contributed by atoms with Gasteiger partial charge >= 0.3 is 0 Å². The Labute approximate surface area is 125 Å². The maximum absolute atomic E-state index is 12.2. The Morgan fingerprint density at radius 2 is 1.90 bits per heavy atom. The number of hydrogen-bond acceptors (Lipinski definition) is 4. The van der Waals surface area contributed by atoms with Gasteiger partial charge in [0, 0.05) is 26.3 Å². The normalized spacial score (nSPS) is 20.7. The molecule has 1 aliphatic heterocycles. The third kappa shape index (κ3) is 4.92. The van der Waals surface area contributed by atoms with Crippen molar-refractivity contribution in [3.63, 3.8) is 0 Å². The monoisotopic (exact) mass is 305 g/mol. The molecule has 7 heteroatoms. The van der Waals surface area contributed by atoms with E-state index >= 15 is 0 Å². The minimum atomic E-state index is -0.525. The summed E-state index contributed by atoms with van der Waals surface area (Å²) in [6.07, 6.45) is 3.72. The number of hydrogen-bond donors (Lipinski definition) is 2. The molecule has 1 heterocycles. The van der Waals surface area contributed by atoms with Gasteiger partial charge in [-0.2, -0.15) is 0 Å². The van der Waals surface area contributed by atoms with Crippen LogP contribution in [-0.4, -0.2) is 55.6 Å². The Bertz CT molecular complexity index is 344. The molecule has 0 radical (unpaired) electrons. The summed E-state index contributed by atoms with van der Waals surface area (Å²) in [7, 11) is 1.63. The van der Waals surface area contributed by atoms with Crippen molar-refractivity contribution in [3.8, 4) is 0 Å². The molecule has 0 bridgehead atoms. The molecule has 1 saturated heterocycles. The number of likely N-dealkylation sites (N-methyl/N-ethyl adjacent to an activating group) is 1. The second-order valence-electron chi connectivity index (χ2n) is 5.51. The Kier molecular flexibility index (Phi) is 6.71. The number of nitrogens with zero attached hydrogens (tertiary/aromatic N) is 1. The van der Waals surface area contributed by atoms with Crippen LogP contribution >= 0.6 is 12.4 Å². The summed E-state index contributed by atoms with van der Waals surface area (Å²) in [6.45, 7) is 1.42. The first-order valence-electron chi connectivity index (χ1n) is 6.95. The van der Waals surface area contributed by atoms with Crippen LogP contribution in [0.25, 0.3) is 0 Å². The van der Waals surface area contributed by atoms with Crippen molar-refractivity contribution in [1.82, 2.24) is 10.2 Å². The fraction of sp³-hybridized carbons (Fsp3) is 0.846.